The fraction of sp³-hybridized carbons (Fsp3) is 0.133. The molecule has 0 saturated carbocycles. The number of aryl methyl sites for hydroxylation is 1. The van der Waals surface area contributed by atoms with Crippen LogP contribution in [-0.4, -0.2) is 10.2 Å². The molecule has 0 saturated heterocycles. The molecule has 0 fully saturated rings. The van der Waals surface area contributed by atoms with E-state index >= 15 is 0 Å². The van der Waals surface area contributed by atoms with Crippen LogP contribution in [0.25, 0.3) is 21.7 Å². The molecule has 2 heterocycles. The maximum absolute atomic E-state index is 14.0. The lowest BCUT2D eigenvalue weighted by atomic mass is 10.0. The molecule has 0 bridgehead atoms. The number of anilines is 1. The first-order chi connectivity index (χ1) is 10.1. The van der Waals surface area contributed by atoms with Gasteiger partial charge in [0, 0.05) is 16.5 Å². The molecule has 6 heteroatoms. The van der Waals surface area contributed by atoms with Crippen molar-refractivity contribution in [2.45, 2.75) is 13.3 Å². The molecule has 3 nitrogen and oxygen atoms in total. The van der Waals surface area contributed by atoms with Crippen molar-refractivity contribution in [2.24, 2.45) is 0 Å². The van der Waals surface area contributed by atoms with Gasteiger partial charge in [-0.25, -0.2) is 8.78 Å². The second kappa shape index (κ2) is 5.29. The molecule has 2 aromatic heterocycles. The highest BCUT2D eigenvalue weighted by Gasteiger charge is 2.19. The Morgan fingerprint density at radius 2 is 2.05 bits per heavy atom. The normalized spacial score (nSPS) is 11.0. The van der Waals surface area contributed by atoms with E-state index in [0.717, 1.165) is 17.4 Å². The minimum atomic E-state index is -0.656. The van der Waals surface area contributed by atoms with Crippen molar-refractivity contribution in [1.29, 1.82) is 0 Å². The van der Waals surface area contributed by atoms with Crippen molar-refractivity contribution < 1.29 is 8.78 Å². The molecule has 0 radical (unpaired) electrons. The van der Waals surface area contributed by atoms with E-state index < -0.39 is 11.6 Å². The summed E-state index contributed by atoms with van der Waals surface area (Å²) in [7, 11) is 0. The van der Waals surface area contributed by atoms with Gasteiger partial charge in [-0.3, -0.25) is 5.10 Å². The van der Waals surface area contributed by atoms with Crippen molar-refractivity contribution in [2.75, 3.05) is 5.73 Å². The quantitative estimate of drug-likeness (QED) is 0.761. The Balaban J connectivity index is 2.17. The second-order valence-electron chi connectivity index (χ2n) is 4.60. The minimum absolute atomic E-state index is 0.196. The van der Waals surface area contributed by atoms with Crippen LogP contribution in [0.2, 0.25) is 0 Å². The third-order valence-electron chi connectivity index (χ3n) is 3.25. The molecule has 1 aromatic carbocycles. The third-order valence-corrected chi connectivity index (χ3v) is 4.50. The number of halogens is 2. The largest absolute Gasteiger partial charge is 0.382 e. The van der Waals surface area contributed by atoms with Crippen LogP contribution in [0, 0.1) is 11.6 Å². The van der Waals surface area contributed by atoms with Crippen LogP contribution < -0.4 is 5.73 Å². The zero-order valence-electron chi connectivity index (χ0n) is 11.3. The van der Waals surface area contributed by atoms with Gasteiger partial charge in [0.05, 0.1) is 16.1 Å². The molecule has 0 aliphatic heterocycles. The van der Waals surface area contributed by atoms with Gasteiger partial charge in [0.25, 0.3) is 0 Å². The molecule has 108 valence electrons. The minimum Gasteiger partial charge on any atom is -0.382 e. The molecule has 0 unspecified atom stereocenters. The lowest BCUT2D eigenvalue weighted by Crippen LogP contribution is -1.92. The van der Waals surface area contributed by atoms with Gasteiger partial charge in [0.15, 0.2) is 5.82 Å². The number of hydrogen-bond acceptors (Lipinski definition) is 3. The molecule has 0 aliphatic rings. The van der Waals surface area contributed by atoms with Crippen LogP contribution in [0.3, 0.4) is 0 Å². The van der Waals surface area contributed by atoms with Crippen molar-refractivity contribution in [3.63, 3.8) is 0 Å². The van der Waals surface area contributed by atoms with Gasteiger partial charge in [-0.1, -0.05) is 6.92 Å². The molecule has 21 heavy (non-hydrogen) atoms. The van der Waals surface area contributed by atoms with Crippen LogP contribution in [-0.2, 0) is 6.42 Å². The van der Waals surface area contributed by atoms with E-state index in [1.54, 1.807) is 11.3 Å². The highest BCUT2D eigenvalue weighted by Crippen LogP contribution is 2.39. The lowest BCUT2D eigenvalue weighted by molar-refractivity contribution is 0.585. The summed E-state index contributed by atoms with van der Waals surface area (Å²) in [4.78, 5) is 2.14. The maximum atomic E-state index is 14.0. The standard InChI is InChI=1S/C15H13F2N3S/c1-2-9-4-6-12(21-9)14-13(15(18)20-19-14)10-5-3-8(16)7-11(10)17/h3-7H,2H2,1H3,(H3,18,19,20). The van der Waals surface area contributed by atoms with Crippen molar-refractivity contribution >= 4 is 17.2 Å². The number of nitrogens with one attached hydrogen (secondary N) is 1. The summed E-state index contributed by atoms with van der Waals surface area (Å²) in [6.45, 7) is 2.07. The molecule has 0 atom stereocenters. The van der Waals surface area contributed by atoms with E-state index in [4.69, 9.17) is 5.73 Å². The van der Waals surface area contributed by atoms with Gasteiger partial charge >= 0.3 is 0 Å². The van der Waals surface area contributed by atoms with Crippen molar-refractivity contribution in [3.05, 3.63) is 46.8 Å². The fourth-order valence-electron chi connectivity index (χ4n) is 2.20. The number of aromatic nitrogens is 2. The van der Waals surface area contributed by atoms with Gasteiger partial charge in [-0.15, -0.1) is 11.3 Å². The number of hydrogen-bond donors (Lipinski definition) is 2. The van der Waals surface area contributed by atoms with Crippen molar-refractivity contribution in [1.82, 2.24) is 10.2 Å². The van der Waals surface area contributed by atoms with Crippen LogP contribution in [0.15, 0.2) is 30.3 Å². The number of nitrogen functional groups attached to an aromatic ring is 1. The summed E-state index contributed by atoms with van der Waals surface area (Å²) in [5.74, 6) is -1.08. The molecule has 0 amide bonds. The van der Waals surface area contributed by atoms with Gasteiger partial charge < -0.3 is 5.73 Å². The van der Waals surface area contributed by atoms with E-state index in [-0.39, 0.29) is 11.4 Å². The second-order valence-corrected chi connectivity index (χ2v) is 5.77. The van der Waals surface area contributed by atoms with Crippen LogP contribution in [0.5, 0.6) is 0 Å². The first kappa shape index (κ1) is 13.8. The number of nitrogens with two attached hydrogens (primary N) is 1. The summed E-state index contributed by atoms with van der Waals surface area (Å²) in [5.41, 5.74) is 7.22. The average molecular weight is 305 g/mol. The molecular weight excluding hydrogens is 292 g/mol. The zero-order chi connectivity index (χ0) is 15.0. The molecule has 0 aliphatic carbocycles. The van der Waals surface area contributed by atoms with Gasteiger partial charge in [0.2, 0.25) is 0 Å². The number of aromatic amines is 1. The van der Waals surface area contributed by atoms with Gasteiger partial charge in [0.1, 0.15) is 11.6 Å². The number of rotatable bonds is 3. The van der Waals surface area contributed by atoms with E-state index in [2.05, 4.69) is 17.1 Å². The Morgan fingerprint density at radius 1 is 1.24 bits per heavy atom. The van der Waals surface area contributed by atoms with Crippen LogP contribution in [0.1, 0.15) is 11.8 Å². The Kier molecular flexibility index (Phi) is 3.47. The number of nitrogens with zero attached hydrogens (tertiary/aromatic N) is 1. The predicted molar refractivity (Wildman–Crippen MR) is 81.0 cm³/mol. The summed E-state index contributed by atoms with van der Waals surface area (Å²) < 4.78 is 27.1. The van der Waals surface area contributed by atoms with E-state index in [1.807, 2.05) is 12.1 Å². The number of benzene rings is 1. The first-order valence-corrected chi connectivity index (χ1v) is 7.30. The van der Waals surface area contributed by atoms with Crippen LogP contribution >= 0.6 is 11.3 Å². The fourth-order valence-corrected chi connectivity index (χ4v) is 3.15. The molecule has 3 N–H and O–H groups in total. The average Bonchev–Trinajstić information content (AvgIpc) is 3.06. The maximum Gasteiger partial charge on any atom is 0.153 e. The summed E-state index contributed by atoms with van der Waals surface area (Å²) in [6, 6.07) is 7.39. The van der Waals surface area contributed by atoms with E-state index in [9.17, 15) is 8.78 Å². The Bertz CT molecular complexity index is 792. The van der Waals surface area contributed by atoms with E-state index in [1.165, 1.54) is 17.0 Å². The highest BCUT2D eigenvalue weighted by molar-refractivity contribution is 7.15. The SMILES string of the molecule is CCc1ccc(-c2[nH]nc(N)c2-c2ccc(F)cc2F)s1. The number of thiophene rings is 1. The zero-order valence-corrected chi connectivity index (χ0v) is 12.1. The smallest absolute Gasteiger partial charge is 0.153 e. The van der Waals surface area contributed by atoms with Gasteiger partial charge in [-0.05, 0) is 30.7 Å². The predicted octanol–water partition coefficient (Wildman–Crippen LogP) is 4.23. The third kappa shape index (κ3) is 2.42. The Morgan fingerprint density at radius 3 is 2.71 bits per heavy atom. The van der Waals surface area contributed by atoms with Crippen LogP contribution in [0.4, 0.5) is 14.6 Å². The molecule has 3 aromatic rings. The molecule has 3 rings (SSSR count). The summed E-state index contributed by atoms with van der Waals surface area (Å²) in [6.07, 6.45) is 0.925. The number of H-pyrrole nitrogens is 1. The lowest BCUT2D eigenvalue weighted by Gasteiger charge is -2.05. The molecular formula is C15H13F2N3S. The van der Waals surface area contributed by atoms with E-state index in [0.29, 0.717) is 11.3 Å². The highest BCUT2D eigenvalue weighted by atomic mass is 32.1. The summed E-state index contributed by atoms with van der Waals surface area (Å²) in [5, 5.41) is 6.81. The Hall–Kier alpha value is -2.21. The van der Waals surface area contributed by atoms with Gasteiger partial charge in [-0.2, -0.15) is 5.10 Å². The monoisotopic (exact) mass is 305 g/mol. The first-order valence-electron chi connectivity index (χ1n) is 6.48. The molecule has 0 spiro atoms. The summed E-state index contributed by atoms with van der Waals surface area (Å²) >= 11 is 1.59. The Labute approximate surface area is 124 Å². The topological polar surface area (TPSA) is 54.7 Å². The van der Waals surface area contributed by atoms with Crippen molar-refractivity contribution in [3.8, 4) is 21.7 Å².